The first-order valence-corrected chi connectivity index (χ1v) is 17.0. The van der Waals surface area contributed by atoms with Crippen LogP contribution in [0.1, 0.15) is 0 Å². The lowest BCUT2D eigenvalue weighted by Gasteiger charge is -2.39. The van der Waals surface area contributed by atoms with Crippen molar-refractivity contribution in [2.75, 3.05) is 9.80 Å². The molecule has 0 aliphatic carbocycles. The number of rotatable bonds is 5. The molecule has 0 N–H and O–H groups in total. The van der Waals surface area contributed by atoms with Crippen LogP contribution in [0.15, 0.2) is 164 Å². The minimum absolute atomic E-state index is 0.615. The van der Waals surface area contributed by atoms with Crippen LogP contribution < -0.4 is 9.80 Å². The van der Waals surface area contributed by atoms with Gasteiger partial charge in [-0.25, -0.2) is 15.0 Å². The highest BCUT2D eigenvalue weighted by Crippen LogP contribution is 2.58. The molecule has 7 nitrogen and oxygen atoms in total. The molecular formula is C44H27N7. The number of nitrogens with zero attached hydrogens (tertiary/aromatic N) is 7. The third-order valence-corrected chi connectivity index (χ3v) is 9.89. The molecule has 0 radical (unpaired) electrons. The Balaban J connectivity index is 1.26. The molecule has 0 saturated carbocycles. The van der Waals surface area contributed by atoms with Gasteiger partial charge in [-0.05, 0) is 42.5 Å². The van der Waals surface area contributed by atoms with E-state index in [2.05, 4.69) is 105 Å². The van der Waals surface area contributed by atoms with Crippen LogP contribution in [0, 0.1) is 0 Å². The monoisotopic (exact) mass is 653 g/mol. The van der Waals surface area contributed by atoms with Crippen LogP contribution in [0.2, 0.25) is 0 Å². The molecule has 0 fully saturated rings. The Labute approximate surface area is 293 Å². The van der Waals surface area contributed by atoms with Crippen molar-refractivity contribution in [3.63, 3.8) is 0 Å². The number of benzene rings is 6. The predicted octanol–water partition coefficient (Wildman–Crippen LogP) is 10.9. The van der Waals surface area contributed by atoms with E-state index in [1.54, 1.807) is 0 Å². The Morgan fingerprint density at radius 3 is 1.43 bits per heavy atom. The highest BCUT2D eigenvalue weighted by atomic mass is 15.3. The van der Waals surface area contributed by atoms with Crippen molar-refractivity contribution < 1.29 is 0 Å². The first kappa shape index (κ1) is 27.8. The van der Waals surface area contributed by atoms with E-state index in [4.69, 9.17) is 19.9 Å². The fourth-order valence-electron chi connectivity index (χ4n) is 7.75. The van der Waals surface area contributed by atoms with E-state index in [0.717, 1.165) is 78.3 Å². The Bertz CT molecular complexity index is 2740. The summed E-state index contributed by atoms with van der Waals surface area (Å²) in [5.74, 6) is 1.88. The van der Waals surface area contributed by atoms with E-state index in [0.29, 0.717) is 17.5 Å². The van der Waals surface area contributed by atoms with Crippen LogP contribution in [0.25, 0.3) is 61.7 Å². The number of fused-ring (bicyclic) bond motifs is 1. The fraction of sp³-hybridized carbons (Fsp3) is 0. The number of aromatic nitrogens is 5. The Kier molecular flexibility index (Phi) is 5.83. The number of hydrogen-bond donors (Lipinski definition) is 0. The van der Waals surface area contributed by atoms with Crippen molar-refractivity contribution in [2.24, 2.45) is 0 Å². The average Bonchev–Trinajstić information content (AvgIpc) is 3.55. The molecule has 9 aromatic rings. The number of pyridine rings is 1. The van der Waals surface area contributed by atoms with E-state index < -0.39 is 0 Å². The summed E-state index contributed by atoms with van der Waals surface area (Å²) in [5, 5.41) is 2.29. The maximum atomic E-state index is 5.14. The molecule has 7 heteroatoms. The molecule has 0 bridgehead atoms. The van der Waals surface area contributed by atoms with Gasteiger partial charge in [0.05, 0.1) is 51.9 Å². The van der Waals surface area contributed by atoms with Crippen molar-refractivity contribution in [2.45, 2.75) is 0 Å². The fourth-order valence-corrected chi connectivity index (χ4v) is 7.75. The molecule has 2 aliphatic rings. The standard InChI is InChI=1S/C44H27N7/c1-5-14-28(15-6-1)42-46-43(29-16-7-2-8-17-29)48-44(47-42)30-24-34-33-22-13-23-35-39(33)51-40(34)36(25-30)50(32-20-11-4-12-21-32)38-27-45-26-37(41(38)51)49(35)31-18-9-3-10-19-31/h1-27H. The van der Waals surface area contributed by atoms with Crippen LogP contribution in [0.4, 0.5) is 34.1 Å². The average molecular weight is 654 g/mol. The Morgan fingerprint density at radius 1 is 0.373 bits per heavy atom. The van der Waals surface area contributed by atoms with Crippen molar-refractivity contribution in [3.8, 4) is 39.9 Å². The van der Waals surface area contributed by atoms with E-state index in [1.807, 2.05) is 73.1 Å². The topological polar surface area (TPSA) is 63.0 Å². The van der Waals surface area contributed by atoms with E-state index in [1.165, 1.54) is 0 Å². The van der Waals surface area contributed by atoms with Crippen molar-refractivity contribution in [1.82, 2.24) is 24.5 Å². The largest absolute Gasteiger partial charge is 0.305 e. The second-order valence-electron chi connectivity index (χ2n) is 12.8. The summed E-state index contributed by atoms with van der Waals surface area (Å²) in [5.41, 5.74) is 12.5. The van der Waals surface area contributed by atoms with Crippen LogP contribution in [0.5, 0.6) is 0 Å². The van der Waals surface area contributed by atoms with Crippen molar-refractivity contribution in [3.05, 3.63) is 164 Å². The zero-order chi connectivity index (χ0) is 33.5. The van der Waals surface area contributed by atoms with Gasteiger partial charge in [0.1, 0.15) is 0 Å². The van der Waals surface area contributed by atoms with E-state index >= 15 is 0 Å². The second kappa shape index (κ2) is 10.7. The Hall–Kier alpha value is -7.12. The molecule has 0 atom stereocenters. The van der Waals surface area contributed by atoms with Crippen molar-refractivity contribution in [1.29, 1.82) is 0 Å². The summed E-state index contributed by atoms with van der Waals surface area (Å²) in [7, 11) is 0. The lowest BCUT2D eigenvalue weighted by Crippen LogP contribution is -2.24. The normalized spacial score (nSPS) is 12.6. The highest BCUT2D eigenvalue weighted by Gasteiger charge is 2.37. The van der Waals surface area contributed by atoms with Gasteiger partial charge in [-0.3, -0.25) is 4.98 Å². The zero-order valence-electron chi connectivity index (χ0n) is 27.2. The Morgan fingerprint density at radius 2 is 0.863 bits per heavy atom. The molecular weight excluding hydrogens is 627 g/mol. The summed E-state index contributed by atoms with van der Waals surface area (Å²) >= 11 is 0. The smallest absolute Gasteiger partial charge is 0.164 e. The summed E-state index contributed by atoms with van der Waals surface area (Å²) < 4.78 is 2.45. The van der Waals surface area contributed by atoms with Gasteiger partial charge in [-0.2, -0.15) is 0 Å². The molecule has 3 aromatic heterocycles. The van der Waals surface area contributed by atoms with Gasteiger partial charge in [-0.1, -0.05) is 109 Å². The molecule has 238 valence electrons. The SMILES string of the molecule is c1ccc(-c2nc(-c3ccccc3)nc(-c3cc4c5c(c3)c3cccc6c3n5-c3c(cncc3N4c3ccccc3)N6c3ccccc3)n2)cc1. The van der Waals surface area contributed by atoms with Gasteiger partial charge in [0, 0.05) is 38.8 Å². The van der Waals surface area contributed by atoms with Crippen LogP contribution in [0.3, 0.4) is 0 Å². The van der Waals surface area contributed by atoms with Crippen LogP contribution >= 0.6 is 0 Å². The van der Waals surface area contributed by atoms with Gasteiger partial charge in [0.15, 0.2) is 17.5 Å². The second-order valence-corrected chi connectivity index (χ2v) is 12.8. The lowest BCUT2D eigenvalue weighted by molar-refractivity contribution is 1.05. The van der Waals surface area contributed by atoms with Crippen LogP contribution in [-0.4, -0.2) is 24.5 Å². The van der Waals surface area contributed by atoms with Gasteiger partial charge >= 0.3 is 0 Å². The molecule has 11 rings (SSSR count). The van der Waals surface area contributed by atoms with Gasteiger partial charge < -0.3 is 14.4 Å². The predicted molar refractivity (Wildman–Crippen MR) is 205 cm³/mol. The maximum Gasteiger partial charge on any atom is 0.164 e. The number of para-hydroxylation sites is 3. The third-order valence-electron chi connectivity index (χ3n) is 9.89. The molecule has 0 saturated heterocycles. The molecule has 0 amide bonds. The molecule has 51 heavy (non-hydrogen) atoms. The maximum absolute atomic E-state index is 5.14. The molecule has 5 heterocycles. The molecule has 0 spiro atoms. The summed E-state index contributed by atoms with van der Waals surface area (Å²) in [6.07, 6.45) is 3.98. The van der Waals surface area contributed by atoms with E-state index in [9.17, 15) is 0 Å². The molecule has 2 aliphatic heterocycles. The zero-order valence-corrected chi connectivity index (χ0v) is 27.2. The first-order chi connectivity index (χ1) is 25.3. The minimum atomic E-state index is 0.615. The summed E-state index contributed by atoms with van der Waals surface area (Å²) in [6, 6.07) is 52.4. The van der Waals surface area contributed by atoms with Gasteiger partial charge in [0.2, 0.25) is 0 Å². The van der Waals surface area contributed by atoms with Gasteiger partial charge in [0.25, 0.3) is 0 Å². The van der Waals surface area contributed by atoms with Crippen molar-refractivity contribution >= 4 is 55.9 Å². The summed E-state index contributed by atoms with van der Waals surface area (Å²) in [4.78, 5) is 24.8. The van der Waals surface area contributed by atoms with Gasteiger partial charge in [-0.15, -0.1) is 0 Å². The minimum Gasteiger partial charge on any atom is -0.305 e. The lowest BCUT2D eigenvalue weighted by atomic mass is 10.0. The number of anilines is 6. The molecule has 6 aromatic carbocycles. The third kappa shape index (κ3) is 4.06. The summed E-state index contributed by atoms with van der Waals surface area (Å²) in [6.45, 7) is 0. The quantitative estimate of drug-likeness (QED) is 0.184. The van der Waals surface area contributed by atoms with Crippen LogP contribution in [-0.2, 0) is 0 Å². The molecule has 0 unspecified atom stereocenters. The first-order valence-electron chi connectivity index (χ1n) is 17.0. The number of hydrogen-bond acceptors (Lipinski definition) is 6. The highest BCUT2D eigenvalue weighted by molar-refractivity contribution is 6.23. The van der Waals surface area contributed by atoms with E-state index in [-0.39, 0.29) is 0 Å².